The Bertz CT molecular complexity index is 933. The van der Waals surface area contributed by atoms with Gasteiger partial charge < -0.3 is 9.47 Å². The molecule has 0 amide bonds. The number of carbonyl (C=O) groups excluding carboxylic acids is 1. The van der Waals surface area contributed by atoms with Gasteiger partial charge in [-0.05, 0) is 12.1 Å². The van der Waals surface area contributed by atoms with Crippen molar-refractivity contribution < 1.29 is 14.3 Å². The van der Waals surface area contributed by atoms with Crippen molar-refractivity contribution in [2.24, 2.45) is 0 Å². The molecule has 0 atom stereocenters. The van der Waals surface area contributed by atoms with Crippen LogP contribution in [0.1, 0.15) is 11.3 Å². The molecule has 3 aromatic rings. The molecule has 6 nitrogen and oxygen atoms in total. The second-order valence-electron chi connectivity index (χ2n) is 5.19. The highest BCUT2D eigenvalue weighted by molar-refractivity contribution is 5.86. The molecule has 6 heteroatoms. The monoisotopic (exact) mass is 324 g/mol. The van der Waals surface area contributed by atoms with E-state index < -0.39 is 5.97 Å². The molecule has 0 radical (unpaired) electrons. The fourth-order valence-electron chi connectivity index (χ4n) is 2.47. The van der Waals surface area contributed by atoms with Crippen molar-refractivity contribution in [3.8, 4) is 5.75 Å². The predicted molar refractivity (Wildman–Crippen MR) is 88.9 cm³/mol. The predicted octanol–water partition coefficient (Wildman–Crippen LogP) is 2.22. The zero-order chi connectivity index (χ0) is 16.9. The van der Waals surface area contributed by atoms with Crippen molar-refractivity contribution in [3.63, 3.8) is 0 Å². The third-order valence-corrected chi connectivity index (χ3v) is 3.67. The van der Waals surface area contributed by atoms with Crippen molar-refractivity contribution in [2.45, 2.75) is 13.0 Å². The molecule has 0 fully saturated rings. The zero-order valence-electron chi connectivity index (χ0n) is 13.1. The lowest BCUT2D eigenvalue weighted by molar-refractivity contribution is -0.144. The maximum absolute atomic E-state index is 12.1. The van der Waals surface area contributed by atoms with Crippen LogP contribution in [0.4, 0.5) is 0 Å². The van der Waals surface area contributed by atoms with Gasteiger partial charge >= 0.3 is 5.97 Å². The summed E-state index contributed by atoms with van der Waals surface area (Å²) in [6, 6.07) is 14.4. The Labute approximate surface area is 138 Å². The molecule has 0 saturated carbocycles. The first-order valence-corrected chi connectivity index (χ1v) is 7.43. The minimum absolute atomic E-state index is 0.0214. The fourth-order valence-corrected chi connectivity index (χ4v) is 2.47. The summed E-state index contributed by atoms with van der Waals surface area (Å²) in [5.41, 5.74) is 0.986. The molecule has 24 heavy (non-hydrogen) atoms. The summed E-state index contributed by atoms with van der Waals surface area (Å²) in [7, 11) is 1.57. The van der Waals surface area contributed by atoms with Crippen molar-refractivity contribution in [1.82, 2.24) is 10.2 Å². The standard InChI is InChI=1S/C18H16N2O4/c1-23-16-9-5-2-6-12(16)11-24-17(21)10-15-13-7-3-4-8-14(13)18(22)20-19-15/h2-9H,10-11H2,1H3,(H,20,22). The maximum atomic E-state index is 12.1. The Morgan fingerprint density at radius 1 is 1.08 bits per heavy atom. The smallest absolute Gasteiger partial charge is 0.312 e. The number of para-hydroxylation sites is 1. The molecule has 0 spiro atoms. The van der Waals surface area contributed by atoms with Crippen molar-refractivity contribution >= 4 is 16.7 Å². The number of nitrogens with one attached hydrogen (secondary N) is 1. The topological polar surface area (TPSA) is 81.3 Å². The van der Waals surface area contributed by atoms with E-state index in [9.17, 15) is 9.59 Å². The van der Waals surface area contributed by atoms with E-state index in [1.165, 1.54) is 0 Å². The summed E-state index contributed by atoms with van der Waals surface area (Å²) >= 11 is 0. The summed E-state index contributed by atoms with van der Waals surface area (Å²) in [4.78, 5) is 23.9. The van der Waals surface area contributed by atoms with Gasteiger partial charge in [-0.15, -0.1) is 0 Å². The molecule has 3 rings (SSSR count). The van der Waals surface area contributed by atoms with Gasteiger partial charge in [-0.25, -0.2) is 5.10 Å². The zero-order valence-corrected chi connectivity index (χ0v) is 13.1. The van der Waals surface area contributed by atoms with E-state index in [1.807, 2.05) is 18.2 Å². The summed E-state index contributed by atoms with van der Waals surface area (Å²) in [6.45, 7) is 0.115. The normalized spacial score (nSPS) is 10.5. The number of esters is 1. The summed E-state index contributed by atoms with van der Waals surface area (Å²) in [5.74, 6) is 0.239. The number of H-pyrrole nitrogens is 1. The van der Waals surface area contributed by atoms with E-state index in [4.69, 9.17) is 9.47 Å². The van der Waals surface area contributed by atoms with Crippen LogP contribution in [0.25, 0.3) is 10.8 Å². The average molecular weight is 324 g/mol. The Morgan fingerprint density at radius 2 is 1.79 bits per heavy atom. The van der Waals surface area contributed by atoms with E-state index in [0.29, 0.717) is 22.2 Å². The molecule has 1 aromatic heterocycles. The first kappa shape index (κ1) is 15.7. The molecule has 0 aliphatic heterocycles. The van der Waals surface area contributed by atoms with Gasteiger partial charge in [0.05, 0.1) is 24.6 Å². The van der Waals surface area contributed by atoms with E-state index in [0.717, 1.165) is 5.56 Å². The molecular weight excluding hydrogens is 308 g/mol. The second-order valence-corrected chi connectivity index (χ2v) is 5.19. The molecule has 0 aliphatic carbocycles. The largest absolute Gasteiger partial charge is 0.496 e. The van der Waals surface area contributed by atoms with Gasteiger partial charge in [0, 0.05) is 10.9 Å². The lowest BCUT2D eigenvalue weighted by Crippen LogP contribution is -2.15. The van der Waals surface area contributed by atoms with E-state index >= 15 is 0 Å². The number of nitrogens with zero attached hydrogens (tertiary/aromatic N) is 1. The van der Waals surface area contributed by atoms with Gasteiger partial charge in [0.2, 0.25) is 0 Å². The number of rotatable bonds is 5. The SMILES string of the molecule is COc1ccccc1COC(=O)Cc1n[nH]c(=O)c2ccccc12. The van der Waals surface area contributed by atoms with Gasteiger partial charge in [0.1, 0.15) is 12.4 Å². The van der Waals surface area contributed by atoms with E-state index in [1.54, 1.807) is 37.4 Å². The van der Waals surface area contributed by atoms with Crippen LogP contribution < -0.4 is 10.3 Å². The number of methoxy groups -OCH3 is 1. The van der Waals surface area contributed by atoms with Crippen LogP contribution in [-0.2, 0) is 22.6 Å². The van der Waals surface area contributed by atoms with Crippen LogP contribution in [0.2, 0.25) is 0 Å². The first-order valence-electron chi connectivity index (χ1n) is 7.43. The van der Waals surface area contributed by atoms with Gasteiger partial charge in [-0.1, -0.05) is 36.4 Å². The first-order chi connectivity index (χ1) is 11.7. The minimum atomic E-state index is -0.425. The van der Waals surface area contributed by atoms with Gasteiger partial charge in [0.25, 0.3) is 5.56 Å². The van der Waals surface area contributed by atoms with Crippen LogP contribution in [0.3, 0.4) is 0 Å². The molecule has 0 aliphatic rings. The molecule has 1 heterocycles. The van der Waals surface area contributed by atoms with Crippen molar-refractivity contribution in [1.29, 1.82) is 0 Å². The Morgan fingerprint density at radius 3 is 2.58 bits per heavy atom. The van der Waals surface area contributed by atoms with Crippen LogP contribution in [-0.4, -0.2) is 23.3 Å². The molecule has 0 saturated heterocycles. The Hall–Kier alpha value is -3.15. The number of fused-ring (bicyclic) bond motifs is 1. The minimum Gasteiger partial charge on any atom is -0.496 e. The van der Waals surface area contributed by atoms with Crippen LogP contribution in [0.5, 0.6) is 5.75 Å². The van der Waals surface area contributed by atoms with Crippen LogP contribution in [0, 0.1) is 0 Å². The highest BCUT2D eigenvalue weighted by Gasteiger charge is 2.12. The number of aromatic amines is 1. The number of carbonyl (C=O) groups is 1. The summed E-state index contributed by atoms with van der Waals surface area (Å²) in [5, 5.41) is 7.53. The quantitative estimate of drug-likeness (QED) is 0.728. The number of hydrogen-bond acceptors (Lipinski definition) is 5. The highest BCUT2D eigenvalue weighted by atomic mass is 16.5. The number of hydrogen-bond donors (Lipinski definition) is 1. The van der Waals surface area contributed by atoms with Crippen molar-refractivity contribution in [3.05, 3.63) is 70.1 Å². The molecular formula is C18H16N2O4. The lowest BCUT2D eigenvalue weighted by Gasteiger charge is -2.09. The van der Waals surface area contributed by atoms with E-state index in [-0.39, 0.29) is 18.6 Å². The van der Waals surface area contributed by atoms with Gasteiger partial charge in [-0.3, -0.25) is 9.59 Å². The number of ether oxygens (including phenoxy) is 2. The summed E-state index contributed by atoms with van der Waals surface area (Å²) < 4.78 is 10.5. The molecule has 0 unspecified atom stereocenters. The van der Waals surface area contributed by atoms with E-state index in [2.05, 4.69) is 10.2 Å². The molecule has 0 bridgehead atoms. The second kappa shape index (κ2) is 6.95. The van der Waals surface area contributed by atoms with Gasteiger partial charge in [-0.2, -0.15) is 5.10 Å². The Balaban J connectivity index is 1.74. The summed E-state index contributed by atoms with van der Waals surface area (Å²) in [6.07, 6.45) is -0.0214. The highest BCUT2D eigenvalue weighted by Crippen LogP contribution is 2.19. The number of benzene rings is 2. The van der Waals surface area contributed by atoms with Crippen molar-refractivity contribution in [2.75, 3.05) is 7.11 Å². The maximum Gasteiger partial charge on any atom is 0.312 e. The average Bonchev–Trinajstić information content (AvgIpc) is 2.63. The third-order valence-electron chi connectivity index (χ3n) is 3.67. The number of aromatic nitrogens is 2. The molecule has 122 valence electrons. The van der Waals surface area contributed by atoms with Crippen LogP contribution >= 0.6 is 0 Å². The molecule has 1 N–H and O–H groups in total. The third kappa shape index (κ3) is 3.27. The lowest BCUT2D eigenvalue weighted by atomic mass is 10.1. The van der Waals surface area contributed by atoms with Crippen LogP contribution in [0.15, 0.2) is 53.3 Å². The molecule has 2 aromatic carbocycles. The Kier molecular flexibility index (Phi) is 4.56. The fraction of sp³-hybridized carbons (Fsp3) is 0.167. The van der Waals surface area contributed by atoms with Gasteiger partial charge in [0.15, 0.2) is 0 Å².